The van der Waals surface area contributed by atoms with E-state index >= 15 is 0 Å². The first kappa shape index (κ1) is 23.3. The van der Waals surface area contributed by atoms with Gasteiger partial charge in [-0.3, -0.25) is 0 Å². The highest BCUT2D eigenvalue weighted by atomic mass is 79.9. The van der Waals surface area contributed by atoms with Gasteiger partial charge in [-0.15, -0.1) is 0 Å². The van der Waals surface area contributed by atoms with E-state index in [1.807, 2.05) is 38.1 Å². The Hall–Kier alpha value is -2.01. The molecule has 2 aromatic rings. The van der Waals surface area contributed by atoms with Crippen LogP contribution in [0.4, 0.5) is 17.8 Å². The summed E-state index contributed by atoms with van der Waals surface area (Å²) < 4.78 is 11.8. The Morgan fingerprint density at radius 3 is 2.17 bits per heavy atom. The van der Waals surface area contributed by atoms with Crippen molar-refractivity contribution < 1.29 is 9.47 Å². The van der Waals surface area contributed by atoms with Gasteiger partial charge in [0.25, 0.3) is 0 Å². The highest BCUT2D eigenvalue weighted by Gasteiger charge is 2.07. The predicted molar refractivity (Wildman–Crippen MR) is 119 cm³/mol. The van der Waals surface area contributed by atoms with Crippen LogP contribution >= 0.6 is 15.9 Å². The van der Waals surface area contributed by atoms with E-state index in [2.05, 4.69) is 46.8 Å². The minimum atomic E-state index is 0.210. The van der Waals surface area contributed by atoms with E-state index < -0.39 is 0 Å². The topological polar surface area (TPSA) is 119 Å². The molecule has 0 amide bonds. The van der Waals surface area contributed by atoms with Crippen LogP contribution in [0.15, 0.2) is 28.7 Å². The highest BCUT2D eigenvalue weighted by molar-refractivity contribution is 9.10. The number of nitrogens with two attached hydrogens (primary N) is 1. The normalized spacial score (nSPS) is 10.9. The van der Waals surface area contributed by atoms with Gasteiger partial charge in [0, 0.05) is 30.1 Å². The molecule has 0 spiro atoms. The van der Waals surface area contributed by atoms with Crippen LogP contribution in [0.5, 0.6) is 0 Å². The Bertz CT molecular complexity index is 716. The van der Waals surface area contributed by atoms with Gasteiger partial charge >= 0.3 is 0 Å². The Morgan fingerprint density at radius 2 is 1.52 bits per heavy atom. The minimum Gasteiger partial charge on any atom is -0.378 e. The van der Waals surface area contributed by atoms with Crippen molar-refractivity contribution in [2.24, 2.45) is 5.73 Å². The van der Waals surface area contributed by atoms with Gasteiger partial charge in [-0.25, -0.2) is 0 Å². The number of aromatic nitrogens is 3. The molecule has 10 heteroatoms. The smallest absolute Gasteiger partial charge is 0.229 e. The maximum atomic E-state index is 5.51. The lowest BCUT2D eigenvalue weighted by Gasteiger charge is -2.13. The monoisotopic (exact) mass is 467 g/mol. The molecule has 2 rings (SSSR count). The maximum absolute atomic E-state index is 5.51. The average molecular weight is 468 g/mol. The Labute approximate surface area is 180 Å². The molecule has 1 aromatic carbocycles. The van der Waals surface area contributed by atoms with Crippen molar-refractivity contribution in [1.29, 1.82) is 0 Å². The standard InChI is InChI=1S/C19H30BrN7O2/c1-14(2)24-19-26-17(22-8-10-29-12-11-28-9-7-21)25-18(27-19)23-13-15-3-5-16(20)6-4-15/h3-6,14H,7-13,21H2,1-2H3,(H3,22,23,24,25,26,27). The molecule has 9 nitrogen and oxygen atoms in total. The number of benzene rings is 1. The van der Waals surface area contributed by atoms with Crippen LogP contribution < -0.4 is 21.7 Å². The summed E-state index contributed by atoms with van der Waals surface area (Å²) in [6.07, 6.45) is 0. The highest BCUT2D eigenvalue weighted by Crippen LogP contribution is 2.14. The summed E-state index contributed by atoms with van der Waals surface area (Å²) in [5, 5.41) is 9.64. The van der Waals surface area contributed by atoms with Gasteiger partial charge < -0.3 is 31.2 Å². The third-order valence-corrected chi connectivity index (χ3v) is 4.11. The first-order valence-electron chi connectivity index (χ1n) is 9.67. The minimum absolute atomic E-state index is 0.210. The van der Waals surface area contributed by atoms with Gasteiger partial charge in [-0.05, 0) is 31.5 Å². The van der Waals surface area contributed by atoms with Gasteiger partial charge in [-0.1, -0.05) is 28.1 Å². The second-order valence-corrected chi connectivity index (χ2v) is 7.44. The zero-order valence-electron chi connectivity index (χ0n) is 16.9. The lowest BCUT2D eigenvalue weighted by molar-refractivity contribution is 0.0547. The quantitative estimate of drug-likeness (QED) is 0.310. The molecule has 160 valence electrons. The van der Waals surface area contributed by atoms with Crippen LogP contribution in [0, 0.1) is 0 Å². The molecule has 0 aliphatic heterocycles. The van der Waals surface area contributed by atoms with Crippen LogP contribution in [-0.4, -0.2) is 60.5 Å². The Morgan fingerprint density at radius 1 is 0.897 bits per heavy atom. The second kappa shape index (κ2) is 13.3. The lowest BCUT2D eigenvalue weighted by atomic mass is 10.2. The van der Waals surface area contributed by atoms with Crippen molar-refractivity contribution in [2.45, 2.75) is 26.4 Å². The molecule has 0 bridgehead atoms. The van der Waals surface area contributed by atoms with Gasteiger partial charge in [0.1, 0.15) is 0 Å². The molecule has 29 heavy (non-hydrogen) atoms. The molecule has 0 saturated heterocycles. The number of hydrogen-bond acceptors (Lipinski definition) is 9. The summed E-state index contributed by atoms with van der Waals surface area (Å²) in [7, 11) is 0. The molecular weight excluding hydrogens is 438 g/mol. The molecule has 5 N–H and O–H groups in total. The summed E-state index contributed by atoms with van der Waals surface area (Å²) in [6, 6.07) is 8.30. The average Bonchev–Trinajstić information content (AvgIpc) is 2.69. The molecule has 1 aromatic heterocycles. The number of halogens is 1. The number of anilines is 3. The molecule has 0 aliphatic rings. The van der Waals surface area contributed by atoms with E-state index in [-0.39, 0.29) is 6.04 Å². The fourth-order valence-electron chi connectivity index (χ4n) is 2.28. The lowest BCUT2D eigenvalue weighted by Crippen LogP contribution is -2.18. The molecule has 0 unspecified atom stereocenters. The third-order valence-electron chi connectivity index (χ3n) is 3.58. The summed E-state index contributed by atoms with van der Waals surface area (Å²) >= 11 is 3.44. The van der Waals surface area contributed by atoms with Crippen LogP contribution in [0.25, 0.3) is 0 Å². The molecule has 0 saturated carbocycles. The second-order valence-electron chi connectivity index (χ2n) is 6.53. The fourth-order valence-corrected chi connectivity index (χ4v) is 2.54. The molecule has 0 aliphatic carbocycles. The van der Waals surface area contributed by atoms with Gasteiger partial charge in [0.2, 0.25) is 17.8 Å². The van der Waals surface area contributed by atoms with Crippen LogP contribution in [0.3, 0.4) is 0 Å². The van der Waals surface area contributed by atoms with E-state index in [1.54, 1.807) is 0 Å². The molecule has 0 atom stereocenters. The molecule has 0 fully saturated rings. The first-order chi connectivity index (χ1) is 14.1. The summed E-state index contributed by atoms with van der Waals surface area (Å²) in [4.78, 5) is 13.3. The zero-order valence-corrected chi connectivity index (χ0v) is 18.5. The molecule has 1 heterocycles. The van der Waals surface area contributed by atoms with Crippen molar-refractivity contribution >= 4 is 33.8 Å². The largest absolute Gasteiger partial charge is 0.378 e. The SMILES string of the molecule is CC(C)Nc1nc(NCCOCCOCCN)nc(NCc2ccc(Br)cc2)n1. The van der Waals surface area contributed by atoms with Gasteiger partial charge in [0.15, 0.2) is 0 Å². The number of nitrogens with one attached hydrogen (secondary N) is 3. The van der Waals surface area contributed by atoms with Crippen LogP contribution in [0.2, 0.25) is 0 Å². The molecule has 0 radical (unpaired) electrons. The Balaban J connectivity index is 1.87. The number of ether oxygens (including phenoxy) is 2. The number of hydrogen-bond donors (Lipinski definition) is 4. The van der Waals surface area contributed by atoms with Crippen molar-refractivity contribution in [3.8, 4) is 0 Å². The Kier molecular flexibility index (Phi) is 10.6. The van der Waals surface area contributed by atoms with Crippen molar-refractivity contribution in [1.82, 2.24) is 15.0 Å². The van der Waals surface area contributed by atoms with Crippen molar-refractivity contribution in [2.75, 3.05) is 55.5 Å². The third kappa shape index (κ3) is 9.84. The van der Waals surface area contributed by atoms with E-state index in [9.17, 15) is 0 Å². The summed E-state index contributed by atoms with van der Waals surface area (Å²) in [5.74, 6) is 1.51. The predicted octanol–water partition coefficient (Wildman–Crippen LogP) is 2.47. The fraction of sp³-hybridized carbons (Fsp3) is 0.526. The first-order valence-corrected chi connectivity index (χ1v) is 10.5. The zero-order chi connectivity index (χ0) is 20.9. The van der Waals surface area contributed by atoms with E-state index in [4.69, 9.17) is 15.2 Å². The van der Waals surface area contributed by atoms with Gasteiger partial charge in [-0.2, -0.15) is 15.0 Å². The number of rotatable bonds is 14. The van der Waals surface area contributed by atoms with Crippen molar-refractivity contribution in [3.63, 3.8) is 0 Å². The summed E-state index contributed by atoms with van der Waals surface area (Å²) in [5.41, 5.74) is 6.49. The number of nitrogens with zero attached hydrogens (tertiary/aromatic N) is 3. The maximum Gasteiger partial charge on any atom is 0.229 e. The van der Waals surface area contributed by atoms with Crippen LogP contribution in [-0.2, 0) is 16.0 Å². The van der Waals surface area contributed by atoms with E-state index in [0.29, 0.717) is 63.9 Å². The van der Waals surface area contributed by atoms with E-state index in [0.717, 1.165) is 10.0 Å². The van der Waals surface area contributed by atoms with Gasteiger partial charge in [0.05, 0.1) is 26.4 Å². The van der Waals surface area contributed by atoms with Crippen molar-refractivity contribution in [3.05, 3.63) is 34.3 Å². The van der Waals surface area contributed by atoms with Crippen LogP contribution in [0.1, 0.15) is 19.4 Å². The molecular formula is C19H30BrN7O2. The summed E-state index contributed by atoms with van der Waals surface area (Å²) in [6.45, 7) is 7.91. The van der Waals surface area contributed by atoms with E-state index in [1.165, 1.54) is 0 Å².